The summed E-state index contributed by atoms with van der Waals surface area (Å²) in [5, 5.41) is 2.05. The molecule has 2 fully saturated rings. The van der Waals surface area contributed by atoms with Crippen LogP contribution < -0.4 is 0 Å². The van der Waals surface area contributed by atoms with Gasteiger partial charge in [-0.15, -0.1) is 0 Å². The molecule has 0 aliphatic heterocycles. The van der Waals surface area contributed by atoms with Gasteiger partial charge in [0, 0.05) is 10.5 Å². The average molecular weight is 212 g/mol. The van der Waals surface area contributed by atoms with Crippen LogP contribution >= 0.6 is 11.8 Å². The molecule has 2 saturated carbocycles. The minimum atomic E-state index is 1.01. The molecule has 0 aromatic carbocycles. The van der Waals surface area contributed by atoms with Crippen LogP contribution in [0.5, 0.6) is 0 Å². The second kappa shape index (κ2) is 5.44. The maximum absolute atomic E-state index is 2.42. The molecule has 82 valence electrons. The Bertz CT molecular complexity index is 153. The lowest BCUT2D eigenvalue weighted by Crippen LogP contribution is -2.19. The third-order valence-corrected chi connectivity index (χ3v) is 5.61. The van der Waals surface area contributed by atoms with E-state index in [1.807, 2.05) is 0 Å². The second-order valence-corrected chi connectivity index (χ2v) is 6.88. The summed E-state index contributed by atoms with van der Waals surface area (Å²) in [5.41, 5.74) is 0. The highest BCUT2D eigenvalue weighted by Gasteiger charge is 2.23. The van der Waals surface area contributed by atoms with E-state index in [9.17, 15) is 0 Å². The van der Waals surface area contributed by atoms with E-state index in [4.69, 9.17) is 0 Å². The van der Waals surface area contributed by atoms with Crippen molar-refractivity contribution in [1.82, 2.24) is 0 Å². The third-order valence-electron chi connectivity index (χ3n) is 3.90. The summed E-state index contributed by atoms with van der Waals surface area (Å²) in [7, 11) is 0. The molecule has 0 atom stereocenters. The van der Waals surface area contributed by atoms with Crippen LogP contribution in [0.3, 0.4) is 0 Å². The normalized spacial score (nSPS) is 35.8. The van der Waals surface area contributed by atoms with Gasteiger partial charge < -0.3 is 0 Å². The van der Waals surface area contributed by atoms with Gasteiger partial charge >= 0.3 is 0 Å². The molecule has 0 amide bonds. The van der Waals surface area contributed by atoms with Crippen molar-refractivity contribution in [3.05, 3.63) is 0 Å². The molecule has 0 nitrogen and oxygen atoms in total. The lowest BCUT2D eigenvalue weighted by atomic mass is 9.91. The molecular formula is C13H24S. The van der Waals surface area contributed by atoms with Crippen LogP contribution in [0.2, 0.25) is 0 Å². The van der Waals surface area contributed by atoms with Crippen molar-refractivity contribution in [3.8, 4) is 0 Å². The fourth-order valence-electron chi connectivity index (χ4n) is 2.84. The molecule has 0 bridgehead atoms. The van der Waals surface area contributed by atoms with Gasteiger partial charge in [-0.05, 0) is 44.4 Å². The number of rotatable bonds is 2. The second-order valence-electron chi connectivity index (χ2n) is 5.28. The Morgan fingerprint density at radius 2 is 1.29 bits per heavy atom. The molecule has 14 heavy (non-hydrogen) atoms. The first-order valence-corrected chi connectivity index (χ1v) is 7.44. The summed E-state index contributed by atoms with van der Waals surface area (Å²) in [6.07, 6.45) is 13.5. The maximum atomic E-state index is 2.42. The molecule has 2 rings (SSSR count). The number of hydrogen-bond donors (Lipinski definition) is 0. The highest BCUT2D eigenvalue weighted by Crippen LogP contribution is 2.38. The molecule has 0 N–H and O–H groups in total. The zero-order valence-corrected chi connectivity index (χ0v) is 10.3. The zero-order valence-electron chi connectivity index (χ0n) is 9.50. The van der Waals surface area contributed by atoms with Crippen LogP contribution in [0.1, 0.15) is 64.7 Å². The van der Waals surface area contributed by atoms with Crippen LogP contribution in [0.25, 0.3) is 0 Å². The summed E-state index contributed by atoms with van der Waals surface area (Å²) in [5.74, 6) is 1.01. The van der Waals surface area contributed by atoms with Gasteiger partial charge in [0.25, 0.3) is 0 Å². The molecule has 2 aliphatic carbocycles. The Balaban J connectivity index is 1.68. The van der Waals surface area contributed by atoms with Gasteiger partial charge in [-0.25, -0.2) is 0 Å². The van der Waals surface area contributed by atoms with Crippen LogP contribution in [0.15, 0.2) is 0 Å². The predicted octanol–water partition coefficient (Wildman–Crippen LogP) is 4.63. The smallest absolute Gasteiger partial charge is 0.00500 e. The molecule has 2 aliphatic rings. The van der Waals surface area contributed by atoms with Gasteiger partial charge in [-0.1, -0.05) is 26.2 Å². The summed E-state index contributed by atoms with van der Waals surface area (Å²) in [6, 6.07) is 0. The van der Waals surface area contributed by atoms with Crippen molar-refractivity contribution in [2.75, 3.05) is 0 Å². The highest BCUT2D eigenvalue weighted by atomic mass is 32.2. The van der Waals surface area contributed by atoms with E-state index < -0.39 is 0 Å². The lowest BCUT2D eigenvalue weighted by Gasteiger charge is -2.30. The Hall–Kier alpha value is 0.350. The van der Waals surface area contributed by atoms with Crippen molar-refractivity contribution in [3.63, 3.8) is 0 Å². The first kappa shape index (κ1) is 10.9. The molecule has 0 aromatic heterocycles. The minimum Gasteiger partial charge on any atom is -0.155 e. The van der Waals surface area contributed by atoms with E-state index in [0.717, 1.165) is 16.4 Å². The summed E-state index contributed by atoms with van der Waals surface area (Å²) < 4.78 is 0. The molecule has 0 heterocycles. The summed E-state index contributed by atoms with van der Waals surface area (Å²) in [4.78, 5) is 0. The Morgan fingerprint density at radius 1 is 0.714 bits per heavy atom. The minimum absolute atomic E-state index is 1.01. The zero-order chi connectivity index (χ0) is 9.80. The monoisotopic (exact) mass is 212 g/mol. The Labute approximate surface area is 93.2 Å². The standard InChI is InChI=1S/C13H24S/c1-11-7-9-13(10-8-11)14-12-5-3-2-4-6-12/h11-13H,2-10H2,1H3. The highest BCUT2D eigenvalue weighted by molar-refractivity contribution is 8.00. The number of thioether (sulfide) groups is 1. The first-order chi connectivity index (χ1) is 6.84. The van der Waals surface area contributed by atoms with Crippen LogP contribution in [-0.2, 0) is 0 Å². The van der Waals surface area contributed by atoms with Crippen molar-refractivity contribution >= 4 is 11.8 Å². The molecule has 0 radical (unpaired) electrons. The number of hydrogen-bond acceptors (Lipinski definition) is 1. The largest absolute Gasteiger partial charge is 0.155 e. The molecular weight excluding hydrogens is 188 g/mol. The van der Waals surface area contributed by atoms with E-state index in [0.29, 0.717) is 0 Å². The van der Waals surface area contributed by atoms with Gasteiger partial charge in [-0.2, -0.15) is 11.8 Å². The van der Waals surface area contributed by atoms with E-state index in [-0.39, 0.29) is 0 Å². The topological polar surface area (TPSA) is 0 Å². The fourth-order valence-corrected chi connectivity index (χ4v) is 4.53. The van der Waals surface area contributed by atoms with Crippen LogP contribution in [-0.4, -0.2) is 10.5 Å². The van der Waals surface area contributed by atoms with Gasteiger partial charge in [0.05, 0.1) is 0 Å². The van der Waals surface area contributed by atoms with Gasteiger partial charge in [-0.3, -0.25) is 0 Å². The van der Waals surface area contributed by atoms with Crippen molar-refractivity contribution in [1.29, 1.82) is 0 Å². The van der Waals surface area contributed by atoms with Gasteiger partial charge in [0.1, 0.15) is 0 Å². The quantitative estimate of drug-likeness (QED) is 0.643. The van der Waals surface area contributed by atoms with E-state index >= 15 is 0 Å². The SMILES string of the molecule is CC1CCC(SC2CCCCC2)CC1. The lowest BCUT2D eigenvalue weighted by molar-refractivity contribution is 0.391. The third kappa shape index (κ3) is 3.18. The summed E-state index contributed by atoms with van der Waals surface area (Å²) >= 11 is 2.34. The average Bonchev–Trinajstić information content (AvgIpc) is 2.23. The predicted molar refractivity (Wildman–Crippen MR) is 65.9 cm³/mol. The van der Waals surface area contributed by atoms with Crippen molar-refractivity contribution < 1.29 is 0 Å². The van der Waals surface area contributed by atoms with E-state index in [1.54, 1.807) is 0 Å². The van der Waals surface area contributed by atoms with Crippen LogP contribution in [0.4, 0.5) is 0 Å². The first-order valence-electron chi connectivity index (χ1n) is 6.50. The molecule has 0 aromatic rings. The molecule has 0 spiro atoms. The van der Waals surface area contributed by atoms with Crippen molar-refractivity contribution in [2.24, 2.45) is 5.92 Å². The van der Waals surface area contributed by atoms with Gasteiger partial charge in [0.15, 0.2) is 0 Å². The Kier molecular flexibility index (Phi) is 4.22. The molecule has 0 unspecified atom stereocenters. The summed E-state index contributed by atoms with van der Waals surface area (Å²) in [6.45, 7) is 2.42. The molecule has 0 saturated heterocycles. The van der Waals surface area contributed by atoms with Crippen molar-refractivity contribution in [2.45, 2.75) is 75.2 Å². The van der Waals surface area contributed by atoms with E-state index in [2.05, 4.69) is 18.7 Å². The van der Waals surface area contributed by atoms with Gasteiger partial charge in [0.2, 0.25) is 0 Å². The van der Waals surface area contributed by atoms with E-state index in [1.165, 1.54) is 57.8 Å². The molecule has 1 heteroatoms. The Morgan fingerprint density at radius 3 is 1.93 bits per heavy atom. The fraction of sp³-hybridized carbons (Fsp3) is 1.00. The maximum Gasteiger partial charge on any atom is 0.00500 e. The van der Waals surface area contributed by atoms with Crippen LogP contribution in [0, 0.1) is 5.92 Å².